The summed E-state index contributed by atoms with van der Waals surface area (Å²) < 4.78 is 1.87. The second-order valence-electron chi connectivity index (χ2n) is 4.09. The number of rotatable bonds is 5. The number of aromatic nitrogens is 2. The fraction of sp³-hybridized carbons (Fsp3) is 0.462. The van der Waals surface area contributed by atoms with Gasteiger partial charge in [0.15, 0.2) is 0 Å². The first-order valence-electron chi connectivity index (χ1n) is 6.07. The highest BCUT2D eigenvalue weighted by molar-refractivity contribution is 7.12. The van der Waals surface area contributed by atoms with Gasteiger partial charge in [-0.05, 0) is 25.0 Å². The molecule has 0 radical (unpaired) electrons. The first kappa shape index (κ1) is 12.2. The average molecular weight is 249 g/mol. The summed E-state index contributed by atoms with van der Waals surface area (Å²) in [6.45, 7) is 5.22. The molecule has 0 saturated carbocycles. The number of nitrogens with zero attached hydrogens (tertiary/aromatic N) is 2. The van der Waals surface area contributed by atoms with E-state index >= 15 is 0 Å². The van der Waals surface area contributed by atoms with Crippen LogP contribution in [0.4, 0.5) is 5.69 Å². The van der Waals surface area contributed by atoms with Gasteiger partial charge in [-0.15, -0.1) is 11.3 Å². The highest BCUT2D eigenvalue weighted by Crippen LogP contribution is 2.20. The number of aryl methyl sites for hydroxylation is 3. The summed E-state index contributed by atoms with van der Waals surface area (Å²) in [4.78, 5) is 2.83. The highest BCUT2D eigenvalue weighted by atomic mass is 32.1. The third-order valence-electron chi connectivity index (χ3n) is 2.76. The fourth-order valence-electron chi connectivity index (χ4n) is 1.83. The van der Waals surface area contributed by atoms with Gasteiger partial charge in [0, 0.05) is 29.5 Å². The minimum atomic E-state index is 0.892. The molecule has 0 saturated heterocycles. The lowest BCUT2D eigenvalue weighted by atomic mass is 10.3. The van der Waals surface area contributed by atoms with Gasteiger partial charge < -0.3 is 5.32 Å². The fourth-order valence-corrected chi connectivity index (χ4v) is 2.73. The molecule has 0 atom stereocenters. The molecule has 3 nitrogen and oxygen atoms in total. The number of anilines is 1. The van der Waals surface area contributed by atoms with Gasteiger partial charge >= 0.3 is 0 Å². The van der Waals surface area contributed by atoms with Crippen LogP contribution in [0.15, 0.2) is 18.3 Å². The Morgan fingerprint density at radius 1 is 1.24 bits per heavy atom. The molecule has 0 amide bonds. The Balaban J connectivity index is 2.01. The van der Waals surface area contributed by atoms with Crippen LogP contribution in [0.2, 0.25) is 0 Å². The van der Waals surface area contributed by atoms with E-state index < -0.39 is 0 Å². The Kier molecular flexibility index (Phi) is 3.84. The van der Waals surface area contributed by atoms with Crippen molar-refractivity contribution in [2.24, 2.45) is 7.05 Å². The second-order valence-corrected chi connectivity index (χ2v) is 5.34. The van der Waals surface area contributed by atoms with Gasteiger partial charge in [0.1, 0.15) is 0 Å². The summed E-state index contributed by atoms with van der Waals surface area (Å²) in [5.41, 5.74) is 2.29. The van der Waals surface area contributed by atoms with Crippen molar-refractivity contribution in [2.75, 3.05) is 5.32 Å². The van der Waals surface area contributed by atoms with Crippen LogP contribution in [-0.4, -0.2) is 9.78 Å². The number of hydrogen-bond acceptors (Lipinski definition) is 3. The Labute approximate surface area is 106 Å². The molecule has 4 heteroatoms. The molecule has 0 aliphatic carbocycles. The lowest BCUT2D eigenvalue weighted by Gasteiger charge is -2.03. The molecular weight excluding hydrogens is 230 g/mol. The van der Waals surface area contributed by atoms with Crippen molar-refractivity contribution in [2.45, 2.75) is 33.2 Å². The van der Waals surface area contributed by atoms with Crippen molar-refractivity contribution in [1.82, 2.24) is 9.78 Å². The average Bonchev–Trinajstić information content (AvgIpc) is 2.92. The molecule has 0 spiro atoms. The lowest BCUT2D eigenvalue weighted by Crippen LogP contribution is -1.98. The van der Waals surface area contributed by atoms with E-state index in [4.69, 9.17) is 0 Å². The van der Waals surface area contributed by atoms with Crippen LogP contribution in [0.5, 0.6) is 0 Å². The summed E-state index contributed by atoms with van der Waals surface area (Å²) >= 11 is 1.88. The highest BCUT2D eigenvalue weighted by Gasteiger charge is 2.05. The molecule has 2 aromatic heterocycles. The third-order valence-corrected chi connectivity index (χ3v) is 3.99. The molecule has 1 N–H and O–H groups in total. The van der Waals surface area contributed by atoms with Crippen molar-refractivity contribution >= 4 is 17.0 Å². The summed E-state index contributed by atoms with van der Waals surface area (Å²) in [7, 11) is 1.96. The maximum atomic E-state index is 4.42. The van der Waals surface area contributed by atoms with Crippen LogP contribution in [-0.2, 0) is 26.4 Å². The Bertz CT molecular complexity index is 485. The predicted molar refractivity (Wildman–Crippen MR) is 73.6 cm³/mol. The molecule has 0 aliphatic rings. The van der Waals surface area contributed by atoms with Crippen LogP contribution >= 0.6 is 11.3 Å². The van der Waals surface area contributed by atoms with E-state index in [0.717, 1.165) is 30.8 Å². The van der Waals surface area contributed by atoms with Gasteiger partial charge in [-0.1, -0.05) is 13.8 Å². The standard InChI is InChI=1S/C13H19N3S/c1-4-10-6-7-11(17-10)8-14-13-9-16(3)15-12(13)5-2/h6-7,9,14H,4-5,8H2,1-3H3. The van der Waals surface area contributed by atoms with Gasteiger partial charge in [-0.2, -0.15) is 5.10 Å². The lowest BCUT2D eigenvalue weighted by molar-refractivity contribution is 0.746. The normalized spacial score (nSPS) is 10.8. The van der Waals surface area contributed by atoms with Crippen molar-refractivity contribution < 1.29 is 0 Å². The maximum absolute atomic E-state index is 4.42. The number of nitrogens with one attached hydrogen (secondary N) is 1. The van der Waals surface area contributed by atoms with Gasteiger partial charge in [0.05, 0.1) is 11.4 Å². The third kappa shape index (κ3) is 2.88. The van der Waals surface area contributed by atoms with Gasteiger partial charge in [-0.25, -0.2) is 0 Å². The van der Waals surface area contributed by atoms with E-state index in [0.29, 0.717) is 0 Å². The first-order chi connectivity index (χ1) is 8.22. The van der Waals surface area contributed by atoms with Crippen molar-refractivity contribution in [1.29, 1.82) is 0 Å². The van der Waals surface area contributed by atoms with E-state index in [2.05, 4.69) is 36.4 Å². The quantitative estimate of drug-likeness (QED) is 0.881. The Hall–Kier alpha value is -1.29. The molecule has 92 valence electrons. The van der Waals surface area contributed by atoms with Gasteiger partial charge in [-0.3, -0.25) is 4.68 Å². The summed E-state index contributed by atoms with van der Waals surface area (Å²) in [6, 6.07) is 4.42. The topological polar surface area (TPSA) is 29.9 Å². The van der Waals surface area contributed by atoms with E-state index in [-0.39, 0.29) is 0 Å². The smallest absolute Gasteiger partial charge is 0.0853 e. The van der Waals surface area contributed by atoms with Crippen LogP contribution < -0.4 is 5.32 Å². The van der Waals surface area contributed by atoms with E-state index in [1.807, 2.05) is 29.3 Å². The zero-order chi connectivity index (χ0) is 12.3. The number of hydrogen-bond donors (Lipinski definition) is 1. The molecule has 0 unspecified atom stereocenters. The molecule has 0 aromatic carbocycles. The van der Waals surface area contributed by atoms with Crippen LogP contribution in [0.3, 0.4) is 0 Å². The summed E-state index contributed by atoms with van der Waals surface area (Å²) in [5.74, 6) is 0. The molecule has 17 heavy (non-hydrogen) atoms. The molecule has 0 fully saturated rings. The minimum Gasteiger partial charge on any atom is -0.377 e. The van der Waals surface area contributed by atoms with Crippen LogP contribution in [0, 0.1) is 0 Å². The second kappa shape index (κ2) is 5.36. The predicted octanol–water partition coefficient (Wildman–Crippen LogP) is 3.22. The zero-order valence-electron chi connectivity index (χ0n) is 10.7. The molecule has 0 bridgehead atoms. The van der Waals surface area contributed by atoms with E-state index in [1.165, 1.54) is 9.75 Å². The van der Waals surface area contributed by atoms with Crippen molar-refractivity contribution in [3.05, 3.63) is 33.8 Å². The van der Waals surface area contributed by atoms with Gasteiger partial charge in [0.2, 0.25) is 0 Å². The summed E-state index contributed by atoms with van der Waals surface area (Å²) in [6.07, 6.45) is 4.14. The van der Waals surface area contributed by atoms with E-state index in [1.54, 1.807) is 0 Å². The van der Waals surface area contributed by atoms with Gasteiger partial charge in [0.25, 0.3) is 0 Å². The van der Waals surface area contributed by atoms with E-state index in [9.17, 15) is 0 Å². The molecule has 0 aliphatic heterocycles. The molecule has 2 heterocycles. The number of thiophene rings is 1. The monoisotopic (exact) mass is 249 g/mol. The van der Waals surface area contributed by atoms with Crippen LogP contribution in [0.25, 0.3) is 0 Å². The molecule has 2 rings (SSSR count). The molecule has 2 aromatic rings. The SMILES string of the molecule is CCc1ccc(CNc2cn(C)nc2CC)s1. The van der Waals surface area contributed by atoms with Crippen LogP contribution in [0.1, 0.15) is 29.3 Å². The van der Waals surface area contributed by atoms with Crippen molar-refractivity contribution in [3.63, 3.8) is 0 Å². The Morgan fingerprint density at radius 2 is 2.00 bits per heavy atom. The Morgan fingerprint density at radius 3 is 2.65 bits per heavy atom. The first-order valence-corrected chi connectivity index (χ1v) is 6.88. The zero-order valence-corrected chi connectivity index (χ0v) is 11.5. The molecular formula is C13H19N3S. The minimum absolute atomic E-state index is 0.892. The van der Waals surface area contributed by atoms with Crippen molar-refractivity contribution in [3.8, 4) is 0 Å². The summed E-state index contributed by atoms with van der Waals surface area (Å²) in [5, 5.41) is 7.89. The largest absolute Gasteiger partial charge is 0.377 e. The maximum Gasteiger partial charge on any atom is 0.0853 e.